The normalized spacial score (nSPS) is 30.2. The van der Waals surface area contributed by atoms with Gasteiger partial charge in [0.2, 0.25) is 0 Å². The first-order valence-corrected chi connectivity index (χ1v) is 5.58. The van der Waals surface area contributed by atoms with E-state index in [0.29, 0.717) is 12.2 Å². The van der Waals surface area contributed by atoms with Crippen LogP contribution in [0.4, 0.5) is 0 Å². The van der Waals surface area contributed by atoms with Crippen LogP contribution in [0.1, 0.15) is 30.1 Å². The van der Waals surface area contributed by atoms with Crippen LogP contribution in [0.15, 0.2) is 22.7 Å². The van der Waals surface area contributed by atoms with Crippen LogP contribution in [0.25, 0.3) is 0 Å². The average molecular weight is 239 g/mol. The Hall–Kier alpha value is -0.340. The number of rotatable bonds is 0. The van der Waals surface area contributed by atoms with Crippen molar-refractivity contribution in [1.29, 1.82) is 0 Å². The maximum Gasteiger partial charge on any atom is 0.109 e. The summed E-state index contributed by atoms with van der Waals surface area (Å²) >= 11 is 3.51. The zero-order chi connectivity index (χ0) is 8.84. The number of aryl methyl sites for hydroxylation is 1. The molecule has 0 aromatic heterocycles. The molecule has 1 aliphatic heterocycles. The molecule has 1 fully saturated rings. The van der Waals surface area contributed by atoms with Crippen LogP contribution in [0.2, 0.25) is 0 Å². The highest BCUT2D eigenvalue weighted by Gasteiger charge is 2.42. The molecule has 2 aliphatic rings. The van der Waals surface area contributed by atoms with E-state index < -0.39 is 0 Å². The molecule has 1 aromatic rings. The van der Waals surface area contributed by atoms with Gasteiger partial charge in [-0.15, -0.1) is 0 Å². The number of epoxide rings is 1. The van der Waals surface area contributed by atoms with Crippen LogP contribution in [0.3, 0.4) is 0 Å². The fourth-order valence-electron chi connectivity index (χ4n) is 2.20. The molecule has 0 spiro atoms. The van der Waals surface area contributed by atoms with Gasteiger partial charge in [-0.05, 0) is 42.5 Å². The Morgan fingerprint density at radius 3 is 3.23 bits per heavy atom. The first-order chi connectivity index (χ1) is 6.34. The molecule has 1 saturated heterocycles. The molecule has 0 saturated carbocycles. The average Bonchev–Trinajstić information content (AvgIpc) is 2.82. The van der Waals surface area contributed by atoms with Crippen LogP contribution in [-0.2, 0) is 11.2 Å². The Morgan fingerprint density at radius 2 is 2.31 bits per heavy atom. The highest BCUT2D eigenvalue weighted by Crippen LogP contribution is 2.45. The molecular formula is C11H11BrO. The Kier molecular flexibility index (Phi) is 1.74. The lowest BCUT2D eigenvalue weighted by Crippen LogP contribution is -1.90. The van der Waals surface area contributed by atoms with Gasteiger partial charge in [0.25, 0.3) is 0 Å². The van der Waals surface area contributed by atoms with Gasteiger partial charge in [0.1, 0.15) is 6.10 Å². The summed E-state index contributed by atoms with van der Waals surface area (Å²) in [6.45, 7) is 0. The summed E-state index contributed by atoms with van der Waals surface area (Å²) in [7, 11) is 0. The Bertz CT molecular complexity index is 348. The molecule has 0 radical (unpaired) electrons. The summed E-state index contributed by atoms with van der Waals surface area (Å²) < 4.78 is 6.79. The van der Waals surface area contributed by atoms with Crippen molar-refractivity contribution in [3.8, 4) is 0 Å². The van der Waals surface area contributed by atoms with E-state index in [1.807, 2.05) is 0 Å². The quantitative estimate of drug-likeness (QED) is 0.633. The Morgan fingerprint density at radius 1 is 1.38 bits per heavy atom. The summed E-state index contributed by atoms with van der Waals surface area (Å²) in [5, 5.41) is 0. The zero-order valence-corrected chi connectivity index (χ0v) is 8.88. The molecule has 1 nitrogen and oxygen atoms in total. The van der Waals surface area contributed by atoms with Crippen LogP contribution in [-0.4, -0.2) is 6.10 Å². The van der Waals surface area contributed by atoms with Crippen molar-refractivity contribution < 1.29 is 4.74 Å². The summed E-state index contributed by atoms with van der Waals surface area (Å²) in [6, 6.07) is 6.55. The van der Waals surface area contributed by atoms with Crippen molar-refractivity contribution in [2.45, 2.75) is 31.5 Å². The van der Waals surface area contributed by atoms with E-state index in [2.05, 4.69) is 34.1 Å². The standard InChI is InChI=1S/C11H11BrO/c12-8-4-5-9-7(6-8)2-1-3-10-11(9)13-10/h4-6,10-11H,1-3H2/t10-,11-/m1/s1. The van der Waals surface area contributed by atoms with Gasteiger partial charge in [0, 0.05) is 4.47 Å². The molecule has 0 bridgehead atoms. The van der Waals surface area contributed by atoms with Gasteiger partial charge in [-0.1, -0.05) is 22.0 Å². The largest absolute Gasteiger partial charge is 0.364 e. The van der Waals surface area contributed by atoms with Gasteiger partial charge < -0.3 is 4.74 Å². The summed E-state index contributed by atoms with van der Waals surface area (Å²) in [5.74, 6) is 0. The van der Waals surface area contributed by atoms with E-state index in [-0.39, 0.29) is 0 Å². The smallest absolute Gasteiger partial charge is 0.109 e. The van der Waals surface area contributed by atoms with Crippen LogP contribution in [0, 0.1) is 0 Å². The maximum atomic E-state index is 5.61. The molecule has 2 heteroatoms. The second-order valence-corrected chi connectivity index (χ2v) is 4.75. The number of fused-ring (bicyclic) bond motifs is 3. The molecule has 0 unspecified atom stereocenters. The minimum Gasteiger partial charge on any atom is -0.364 e. The molecule has 0 N–H and O–H groups in total. The number of hydrogen-bond acceptors (Lipinski definition) is 1. The van der Waals surface area contributed by atoms with Gasteiger partial charge >= 0.3 is 0 Å². The van der Waals surface area contributed by atoms with Gasteiger partial charge in [-0.25, -0.2) is 0 Å². The summed E-state index contributed by atoms with van der Waals surface area (Å²) in [6.07, 6.45) is 4.67. The highest BCUT2D eigenvalue weighted by atomic mass is 79.9. The molecule has 1 aromatic carbocycles. The number of hydrogen-bond donors (Lipinski definition) is 0. The van der Waals surface area contributed by atoms with Crippen molar-refractivity contribution in [1.82, 2.24) is 0 Å². The monoisotopic (exact) mass is 238 g/mol. The van der Waals surface area contributed by atoms with E-state index in [1.54, 1.807) is 0 Å². The van der Waals surface area contributed by atoms with E-state index in [0.717, 1.165) is 0 Å². The number of benzene rings is 1. The lowest BCUT2D eigenvalue weighted by Gasteiger charge is -2.05. The van der Waals surface area contributed by atoms with Gasteiger partial charge in [-0.3, -0.25) is 0 Å². The maximum absolute atomic E-state index is 5.61. The van der Waals surface area contributed by atoms with E-state index in [9.17, 15) is 0 Å². The second-order valence-electron chi connectivity index (χ2n) is 3.83. The molecule has 2 atom stereocenters. The minimum absolute atomic E-state index is 0.422. The zero-order valence-electron chi connectivity index (χ0n) is 7.29. The molecule has 3 rings (SSSR count). The van der Waals surface area contributed by atoms with Gasteiger partial charge in [-0.2, -0.15) is 0 Å². The lowest BCUT2D eigenvalue weighted by molar-refractivity contribution is 0.357. The fourth-order valence-corrected chi connectivity index (χ4v) is 2.61. The molecule has 1 heterocycles. The third-order valence-electron chi connectivity index (χ3n) is 2.93. The predicted octanol–water partition coefficient (Wildman–Crippen LogP) is 3.23. The summed E-state index contributed by atoms with van der Waals surface area (Å²) in [5.41, 5.74) is 2.89. The molecule has 0 amide bonds. The van der Waals surface area contributed by atoms with Crippen molar-refractivity contribution in [2.24, 2.45) is 0 Å². The molecule has 1 aliphatic carbocycles. The first kappa shape index (κ1) is 8.01. The second kappa shape index (κ2) is 2.82. The molecule has 13 heavy (non-hydrogen) atoms. The molecule has 68 valence electrons. The SMILES string of the molecule is Brc1ccc2c(c1)CCC[C@H]1O[C@H]21. The van der Waals surface area contributed by atoms with Crippen molar-refractivity contribution >= 4 is 15.9 Å². The Balaban J connectivity index is 2.08. The van der Waals surface area contributed by atoms with Gasteiger partial charge in [0.05, 0.1) is 6.10 Å². The van der Waals surface area contributed by atoms with Crippen molar-refractivity contribution in [2.75, 3.05) is 0 Å². The van der Waals surface area contributed by atoms with Crippen LogP contribution < -0.4 is 0 Å². The topological polar surface area (TPSA) is 12.5 Å². The lowest BCUT2D eigenvalue weighted by atomic mass is 10.0. The van der Waals surface area contributed by atoms with Crippen molar-refractivity contribution in [3.63, 3.8) is 0 Å². The number of ether oxygens (including phenoxy) is 1. The van der Waals surface area contributed by atoms with Crippen molar-refractivity contribution in [3.05, 3.63) is 33.8 Å². The Labute approximate surface area is 86.2 Å². The third-order valence-corrected chi connectivity index (χ3v) is 3.42. The summed E-state index contributed by atoms with van der Waals surface area (Å²) in [4.78, 5) is 0. The van der Waals surface area contributed by atoms with Crippen LogP contribution >= 0.6 is 15.9 Å². The minimum atomic E-state index is 0.422. The highest BCUT2D eigenvalue weighted by molar-refractivity contribution is 9.10. The van der Waals surface area contributed by atoms with Gasteiger partial charge in [0.15, 0.2) is 0 Å². The van der Waals surface area contributed by atoms with E-state index in [4.69, 9.17) is 4.74 Å². The van der Waals surface area contributed by atoms with Crippen LogP contribution in [0.5, 0.6) is 0 Å². The predicted molar refractivity (Wildman–Crippen MR) is 54.7 cm³/mol. The fraction of sp³-hybridized carbons (Fsp3) is 0.455. The van der Waals surface area contributed by atoms with E-state index >= 15 is 0 Å². The first-order valence-electron chi connectivity index (χ1n) is 4.78. The third kappa shape index (κ3) is 1.32. The van der Waals surface area contributed by atoms with E-state index in [1.165, 1.54) is 34.9 Å². The molecular weight excluding hydrogens is 228 g/mol. The number of halogens is 1.